The first-order valence-corrected chi connectivity index (χ1v) is 11.7. The molecule has 3 aromatic carbocycles. The number of aromatic nitrogens is 2. The quantitative estimate of drug-likeness (QED) is 0.330. The molecule has 0 radical (unpaired) electrons. The van der Waals surface area contributed by atoms with E-state index in [4.69, 9.17) is 4.52 Å². The van der Waals surface area contributed by atoms with Gasteiger partial charge in [0.1, 0.15) is 0 Å². The third kappa shape index (κ3) is 3.17. The van der Waals surface area contributed by atoms with E-state index >= 15 is 0 Å². The van der Waals surface area contributed by atoms with Crippen molar-refractivity contribution in [2.24, 2.45) is 0 Å². The first kappa shape index (κ1) is 20.5. The summed E-state index contributed by atoms with van der Waals surface area (Å²) >= 11 is 1.41. The van der Waals surface area contributed by atoms with E-state index in [0.717, 1.165) is 21.8 Å². The van der Waals surface area contributed by atoms with Crippen LogP contribution in [0.25, 0.3) is 32.8 Å². The minimum atomic E-state index is -0.235. The van der Waals surface area contributed by atoms with E-state index in [1.165, 1.54) is 11.3 Å². The van der Waals surface area contributed by atoms with Crippen molar-refractivity contribution in [3.05, 3.63) is 99.9 Å². The van der Waals surface area contributed by atoms with Crippen molar-refractivity contribution in [1.82, 2.24) is 9.72 Å². The highest BCUT2D eigenvalue weighted by atomic mass is 32.1. The molecule has 0 saturated carbocycles. The average Bonchev–Trinajstić information content (AvgIpc) is 3.62. The Morgan fingerprint density at radius 1 is 0.853 bits per heavy atom. The van der Waals surface area contributed by atoms with Crippen molar-refractivity contribution in [2.75, 3.05) is 6.61 Å². The number of ketones is 2. The second kappa shape index (κ2) is 8.06. The molecule has 0 aliphatic heterocycles. The molecule has 166 valence electrons. The van der Waals surface area contributed by atoms with Crippen molar-refractivity contribution >= 4 is 55.7 Å². The summed E-state index contributed by atoms with van der Waals surface area (Å²) in [5.74, 6) is -0.276. The van der Waals surface area contributed by atoms with Crippen LogP contribution in [-0.2, 0) is 6.54 Å². The standard InChI is InChI=1S/C27H18N2O4S/c30-12-11-29-21-9-7-16(26(31)24-6-3-13-34-24)14-19(21)20-15-17(8-10-22(20)29)27(32)25-18-4-1-2-5-23(18)33-28-25/h1-10,13-15,30H,11-12H2. The van der Waals surface area contributed by atoms with Gasteiger partial charge in [0.15, 0.2) is 11.3 Å². The van der Waals surface area contributed by atoms with E-state index in [1.54, 1.807) is 12.1 Å². The number of hydrogen-bond donors (Lipinski definition) is 1. The maximum atomic E-state index is 13.3. The van der Waals surface area contributed by atoms with Gasteiger partial charge in [-0.3, -0.25) is 9.59 Å². The smallest absolute Gasteiger partial charge is 0.215 e. The zero-order chi connectivity index (χ0) is 23.2. The number of thiophene rings is 1. The van der Waals surface area contributed by atoms with E-state index in [1.807, 2.05) is 70.6 Å². The highest BCUT2D eigenvalue weighted by Gasteiger charge is 2.20. The predicted octanol–water partition coefficient (Wildman–Crippen LogP) is 5.45. The van der Waals surface area contributed by atoms with Gasteiger partial charge in [-0.05, 0) is 60.0 Å². The van der Waals surface area contributed by atoms with Crippen LogP contribution in [0.4, 0.5) is 0 Å². The number of aliphatic hydroxyl groups is 1. The van der Waals surface area contributed by atoms with Gasteiger partial charge in [-0.1, -0.05) is 23.4 Å². The summed E-state index contributed by atoms with van der Waals surface area (Å²) in [7, 11) is 0. The molecular weight excluding hydrogens is 448 g/mol. The number of carbonyl (C=O) groups excluding carboxylic acids is 2. The zero-order valence-corrected chi connectivity index (χ0v) is 18.7. The fourth-order valence-electron chi connectivity index (χ4n) is 4.46. The Morgan fingerprint density at radius 2 is 1.56 bits per heavy atom. The largest absolute Gasteiger partial charge is 0.395 e. The Hall–Kier alpha value is -4.07. The van der Waals surface area contributed by atoms with E-state index in [2.05, 4.69) is 5.16 Å². The number of nitrogens with zero attached hydrogens (tertiary/aromatic N) is 2. The van der Waals surface area contributed by atoms with Crippen LogP contribution in [0.5, 0.6) is 0 Å². The van der Waals surface area contributed by atoms with Crippen molar-refractivity contribution < 1.29 is 19.2 Å². The lowest BCUT2D eigenvalue weighted by Crippen LogP contribution is -2.03. The lowest BCUT2D eigenvalue weighted by molar-refractivity contribution is 0.102. The number of hydrogen-bond acceptors (Lipinski definition) is 6. The molecule has 0 unspecified atom stereocenters. The highest BCUT2D eigenvalue weighted by Crippen LogP contribution is 2.32. The Morgan fingerprint density at radius 3 is 2.24 bits per heavy atom. The Balaban J connectivity index is 1.53. The molecule has 0 aliphatic rings. The minimum absolute atomic E-state index is 0.0274. The predicted molar refractivity (Wildman–Crippen MR) is 132 cm³/mol. The van der Waals surface area contributed by atoms with Gasteiger partial charge in [0.25, 0.3) is 0 Å². The Kier molecular flexibility index (Phi) is 4.86. The molecular formula is C27H18N2O4S. The molecule has 3 aromatic heterocycles. The molecule has 0 fully saturated rings. The van der Waals surface area contributed by atoms with Gasteiger partial charge in [0.05, 0.1) is 16.9 Å². The molecule has 6 rings (SSSR count). The van der Waals surface area contributed by atoms with Gasteiger partial charge in [-0.25, -0.2) is 0 Å². The lowest BCUT2D eigenvalue weighted by atomic mass is 10.0. The monoisotopic (exact) mass is 466 g/mol. The molecule has 3 heterocycles. The molecule has 7 heteroatoms. The summed E-state index contributed by atoms with van der Waals surface area (Å²) in [6.07, 6.45) is 0. The van der Waals surface area contributed by atoms with Crippen molar-refractivity contribution in [3.63, 3.8) is 0 Å². The summed E-state index contributed by atoms with van der Waals surface area (Å²) in [5.41, 5.74) is 3.65. The molecule has 0 aliphatic carbocycles. The summed E-state index contributed by atoms with van der Waals surface area (Å²) in [6.45, 7) is 0.375. The fraction of sp³-hybridized carbons (Fsp3) is 0.0741. The van der Waals surface area contributed by atoms with Crippen LogP contribution in [0.1, 0.15) is 31.3 Å². The number of fused-ring (bicyclic) bond motifs is 4. The molecule has 1 N–H and O–H groups in total. The van der Waals surface area contributed by atoms with Gasteiger partial charge in [0.2, 0.25) is 11.6 Å². The van der Waals surface area contributed by atoms with E-state index < -0.39 is 0 Å². The van der Waals surface area contributed by atoms with Crippen molar-refractivity contribution in [2.45, 2.75) is 6.54 Å². The van der Waals surface area contributed by atoms with Crippen LogP contribution < -0.4 is 0 Å². The van der Waals surface area contributed by atoms with E-state index in [9.17, 15) is 14.7 Å². The minimum Gasteiger partial charge on any atom is -0.395 e. The molecule has 6 aromatic rings. The van der Waals surface area contributed by atoms with Crippen molar-refractivity contribution in [3.8, 4) is 0 Å². The molecule has 0 bridgehead atoms. The molecule has 6 nitrogen and oxygen atoms in total. The Labute approximate surface area is 197 Å². The van der Waals surface area contributed by atoms with Gasteiger partial charge >= 0.3 is 0 Å². The van der Waals surface area contributed by atoms with Crippen LogP contribution in [0.2, 0.25) is 0 Å². The number of para-hydroxylation sites is 1. The molecule has 0 saturated heterocycles. The van der Waals surface area contributed by atoms with Crippen LogP contribution in [0.15, 0.2) is 82.7 Å². The van der Waals surface area contributed by atoms with Crippen LogP contribution in [0.3, 0.4) is 0 Å². The van der Waals surface area contributed by atoms with Crippen LogP contribution in [0, 0.1) is 0 Å². The number of aliphatic hydroxyl groups excluding tert-OH is 1. The summed E-state index contributed by atoms with van der Waals surface area (Å²) in [4.78, 5) is 27.0. The lowest BCUT2D eigenvalue weighted by Gasteiger charge is -2.05. The van der Waals surface area contributed by atoms with E-state index in [-0.39, 0.29) is 23.9 Å². The molecule has 34 heavy (non-hydrogen) atoms. The molecule has 0 spiro atoms. The van der Waals surface area contributed by atoms with Crippen molar-refractivity contribution in [1.29, 1.82) is 0 Å². The first-order valence-electron chi connectivity index (χ1n) is 10.8. The topological polar surface area (TPSA) is 85.3 Å². The van der Waals surface area contributed by atoms with Gasteiger partial charge in [0, 0.05) is 39.5 Å². The summed E-state index contributed by atoms with van der Waals surface area (Å²) in [5, 5.41) is 17.9. The number of benzene rings is 3. The third-order valence-corrected chi connectivity index (χ3v) is 6.92. The second-order valence-corrected chi connectivity index (χ2v) is 8.95. The fourth-order valence-corrected chi connectivity index (χ4v) is 5.15. The Bertz CT molecular complexity index is 1710. The normalized spacial score (nSPS) is 11.6. The van der Waals surface area contributed by atoms with Crippen LogP contribution >= 0.6 is 11.3 Å². The molecule has 0 amide bonds. The molecule has 0 atom stereocenters. The summed E-state index contributed by atoms with van der Waals surface area (Å²) < 4.78 is 7.33. The number of carbonyl (C=O) groups is 2. The second-order valence-electron chi connectivity index (χ2n) is 8.00. The maximum absolute atomic E-state index is 13.3. The maximum Gasteiger partial charge on any atom is 0.215 e. The summed E-state index contributed by atoms with van der Waals surface area (Å²) in [6, 6.07) is 22.0. The van der Waals surface area contributed by atoms with Gasteiger partial charge < -0.3 is 14.2 Å². The van der Waals surface area contributed by atoms with Gasteiger partial charge in [-0.15, -0.1) is 11.3 Å². The average molecular weight is 467 g/mol. The third-order valence-electron chi connectivity index (χ3n) is 6.05. The highest BCUT2D eigenvalue weighted by molar-refractivity contribution is 7.12. The van der Waals surface area contributed by atoms with Gasteiger partial charge in [-0.2, -0.15) is 0 Å². The van der Waals surface area contributed by atoms with Crippen LogP contribution in [-0.4, -0.2) is 33.0 Å². The van der Waals surface area contributed by atoms with E-state index in [0.29, 0.717) is 33.5 Å². The first-order chi connectivity index (χ1) is 16.7. The SMILES string of the molecule is O=C(c1ccc2c(c1)c1cc(C(=O)c3noc4ccccc34)ccc1n2CCO)c1cccs1. The zero-order valence-electron chi connectivity index (χ0n) is 17.9. The number of rotatable bonds is 6.